The molecule has 3 aromatic rings. The van der Waals surface area contributed by atoms with Gasteiger partial charge in [-0.3, -0.25) is 4.79 Å². The summed E-state index contributed by atoms with van der Waals surface area (Å²) < 4.78 is 4.97. The summed E-state index contributed by atoms with van der Waals surface area (Å²) in [5.74, 6) is -1.22. The summed E-state index contributed by atoms with van der Waals surface area (Å²) in [5.41, 5.74) is 3.31. The van der Waals surface area contributed by atoms with E-state index < -0.39 is 5.97 Å². The molecule has 0 aliphatic rings. The predicted octanol–water partition coefficient (Wildman–Crippen LogP) is 4.27. The van der Waals surface area contributed by atoms with Crippen LogP contribution >= 0.6 is 0 Å². The first-order valence-corrected chi connectivity index (χ1v) is 7.53. The Morgan fingerprint density at radius 2 is 1.50 bits per heavy atom. The van der Waals surface area contributed by atoms with Gasteiger partial charge in [0, 0.05) is 6.92 Å². The van der Waals surface area contributed by atoms with Crippen molar-refractivity contribution >= 4 is 22.7 Å². The fraction of sp³-hybridized carbons (Fsp3) is 0.100. The van der Waals surface area contributed by atoms with Crippen LogP contribution in [0.2, 0.25) is 0 Å². The second kappa shape index (κ2) is 6.54. The summed E-state index contributed by atoms with van der Waals surface area (Å²) in [6.45, 7) is 1.66. The Morgan fingerprint density at radius 1 is 0.875 bits per heavy atom. The molecule has 0 unspecified atom stereocenters. The molecule has 0 heterocycles. The first-order chi connectivity index (χ1) is 11.5. The number of rotatable bonds is 4. The molecule has 4 heteroatoms. The summed E-state index contributed by atoms with van der Waals surface area (Å²) >= 11 is 0. The summed E-state index contributed by atoms with van der Waals surface area (Å²) in [5, 5.41) is 10.9. The highest BCUT2D eigenvalue weighted by atomic mass is 16.5. The molecule has 24 heavy (non-hydrogen) atoms. The number of benzene rings is 3. The first-order valence-electron chi connectivity index (χ1n) is 7.53. The molecule has 3 rings (SSSR count). The average Bonchev–Trinajstić information content (AvgIpc) is 2.59. The van der Waals surface area contributed by atoms with Gasteiger partial charge in [-0.1, -0.05) is 42.5 Å². The van der Waals surface area contributed by atoms with Crippen molar-refractivity contribution in [3.63, 3.8) is 0 Å². The van der Waals surface area contributed by atoms with Gasteiger partial charge in [0.1, 0.15) is 6.61 Å². The molecular formula is C20H16O4. The molecule has 0 aliphatic carbocycles. The number of esters is 1. The standard InChI is InChI=1S/C20H16O4/c1-13(21)24-12-14-2-4-15(5-3-14)16-6-7-18-11-19(20(22)23)9-8-17(18)10-16/h2-11H,12H2,1H3,(H,22,23). The van der Waals surface area contributed by atoms with Crippen molar-refractivity contribution in [1.82, 2.24) is 0 Å². The lowest BCUT2D eigenvalue weighted by molar-refractivity contribution is -0.142. The predicted molar refractivity (Wildman–Crippen MR) is 91.8 cm³/mol. The topological polar surface area (TPSA) is 63.6 Å². The molecule has 3 aromatic carbocycles. The van der Waals surface area contributed by atoms with Crippen molar-refractivity contribution < 1.29 is 19.4 Å². The number of carbonyl (C=O) groups excluding carboxylic acids is 1. The van der Waals surface area contributed by atoms with Crippen LogP contribution in [0.25, 0.3) is 21.9 Å². The van der Waals surface area contributed by atoms with E-state index in [1.807, 2.05) is 48.5 Å². The number of fused-ring (bicyclic) bond motifs is 1. The van der Waals surface area contributed by atoms with Crippen molar-refractivity contribution in [1.29, 1.82) is 0 Å². The van der Waals surface area contributed by atoms with Gasteiger partial charge in [-0.15, -0.1) is 0 Å². The third-order valence-electron chi connectivity index (χ3n) is 3.82. The van der Waals surface area contributed by atoms with Crippen LogP contribution in [-0.4, -0.2) is 17.0 Å². The number of carbonyl (C=O) groups is 2. The van der Waals surface area contributed by atoms with E-state index in [1.165, 1.54) is 6.92 Å². The lowest BCUT2D eigenvalue weighted by atomic mass is 9.99. The molecule has 0 atom stereocenters. The molecular weight excluding hydrogens is 304 g/mol. The molecule has 1 N–H and O–H groups in total. The molecule has 0 aliphatic heterocycles. The third-order valence-corrected chi connectivity index (χ3v) is 3.82. The summed E-state index contributed by atoms with van der Waals surface area (Å²) in [7, 11) is 0. The Kier molecular flexibility index (Phi) is 4.29. The molecule has 0 bridgehead atoms. The molecule has 0 saturated heterocycles. The first kappa shape index (κ1) is 15.7. The number of aromatic carboxylic acids is 1. The van der Waals surface area contributed by atoms with Crippen molar-refractivity contribution in [2.24, 2.45) is 0 Å². The number of carboxylic acid groups (broad SMARTS) is 1. The maximum absolute atomic E-state index is 11.0. The van der Waals surface area contributed by atoms with E-state index in [2.05, 4.69) is 0 Å². The average molecular weight is 320 g/mol. The molecule has 0 fully saturated rings. The second-order valence-electron chi connectivity index (χ2n) is 5.56. The van der Waals surface area contributed by atoms with Crippen LogP contribution in [0.15, 0.2) is 60.7 Å². The maximum Gasteiger partial charge on any atom is 0.335 e. The molecule has 4 nitrogen and oxygen atoms in total. The van der Waals surface area contributed by atoms with E-state index in [-0.39, 0.29) is 18.1 Å². The monoisotopic (exact) mass is 320 g/mol. The van der Waals surface area contributed by atoms with E-state index >= 15 is 0 Å². The van der Waals surface area contributed by atoms with Gasteiger partial charge >= 0.3 is 11.9 Å². The molecule has 0 radical (unpaired) electrons. The fourth-order valence-corrected chi connectivity index (χ4v) is 2.54. The Labute approximate surface area is 139 Å². The van der Waals surface area contributed by atoms with Gasteiger partial charge in [-0.25, -0.2) is 4.79 Å². The molecule has 0 spiro atoms. The highest BCUT2D eigenvalue weighted by molar-refractivity contribution is 5.95. The van der Waals surface area contributed by atoms with Crippen molar-refractivity contribution in [2.75, 3.05) is 0 Å². The molecule has 0 aromatic heterocycles. The van der Waals surface area contributed by atoms with Crippen LogP contribution in [0.3, 0.4) is 0 Å². The zero-order chi connectivity index (χ0) is 17.1. The van der Waals surface area contributed by atoms with Gasteiger partial charge in [0.2, 0.25) is 0 Å². The second-order valence-corrected chi connectivity index (χ2v) is 5.56. The van der Waals surface area contributed by atoms with Crippen LogP contribution in [-0.2, 0) is 16.1 Å². The van der Waals surface area contributed by atoms with E-state index in [1.54, 1.807) is 12.1 Å². The summed E-state index contributed by atoms with van der Waals surface area (Å²) in [6, 6.07) is 18.8. The molecule has 0 amide bonds. The van der Waals surface area contributed by atoms with E-state index in [0.717, 1.165) is 27.5 Å². The summed E-state index contributed by atoms with van der Waals surface area (Å²) in [6.07, 6.45) is 0. The van der Waals surface area contributed by atoms with Crippen molar-refractivity contribution in [3.8, 4) is 11.1 Å². The molecule has 120 valence electrons. The normalized spacial score (nSPS) is 10.5. The van der Waals surface area contributed by atoms with Crippen molar-refractivity contribution in [2.45, 2.75) is 13.5 Å². The minimum absolute atomic E-state index is 0.269. The Morgan fingerprint density at radius 3 is 2.17 bits per heavy atom. The van der Waals surface area contributed by atoms with Gasteiger partial charge in [0.15, 0.2) is 0 Å². The van der Waals surface area contributed by atoms with Crippen LogP contribution in [0, 0.1) is 0 Å². The van der Waals surface area contributed by atoms with Crippen LogP contribution < -0.4 is 0 Å². The zero-order valence-corrected chi connectivity index (χ0v) is 13.2. The van der Waals surface area contributed by atoms with Gasteiger partial charge in [-0.2, -0.15) is 0 Å². The zero-order valence-electron chi connectivity index (χ0n) is 13.2. The highest BCUT2D eigenvalue weighted by Gasteiger charge is 2.05. The smallest absolute Gasteiger partial charge is 0.335 e. The van der Waals surface area contributed by atoms with Crippen LogP contribution in [0.5, 0.6) is 0 Å². The van der Waals surface area contributed by atoms with E-state index in [9.17, 15) is 9.59 Å². The van der Waals surface area contributed by atoms with Gasteiger partial charge in [0.25, 0.3) is 0 Å². The molecule has 0 saturated carbocycles. The SMILES string of the molecule is CC(=O)OCc1ccc(-c2ccc3cc(C(=O)O)ccc3c2)cc1. The third kappa shape index (κ3) is 3.43. The minimum Gasteiger partial charge on any atom is -0.478 e. The quantitative estimate of drug-likeness (QED) is 0.729. The van der Waals surface area contributed by atoms with Gasteiger partial charge in [0.05, 0.1) is 5.56 Å². The van der Waals surface area contributed by atoms with Gasteiger partial charge < -0.3 is 9.84 Å². The fourth-order valence-electron chi connectivity index (χ4n) is 2.54. The Balaban J connectivity index is 1.87. The van der Waals surface area contributed by atoms with Crippen molar-refractivity contribution in [3.05, 3.63) is 71.8 Å². The number of carboxylic acids is 1. The lowest BCUT2D eigenvalue weighted by Crippen LogP contribution is -1.98. The number of ether oxygens (including phenoxy) is 1. The van der Waals surface area contributed by atoms with Crippen LogP contribution in [0.1, 0.15) is 22.8 Å². The maximum atomic E-state index is 11.0. The Hall–Kier alpha value is -3.14. The van der Waals surface area contributed by atoms with E-state index in [4.69, 9.17) is 9.84 Å². The van der Waals surface area contributed by atoms with E-state index in [0.29, 0.717) is 0 Å². The number of hydrogen-bond acceptors (Lipinski definition) is 3. The lowest BCUT2D eigenvalue weighted by Gasteiger charge is -2.07. The van der Waals surface area contributed by atoms with Crippen LogP contribution in [0.4, 0.5) is 0 Å². The highest BCUT2D eigenvalue weighted by Crippen LogP contribution is 2.25. The minimum atomic E-state index is -0.927. The summed E-state index contributed by atoms with van der Waals surface area (Å²) in [4.78, 5) is 21.9. The Bertz CT molecular complexity index is 911. The largest absolute Gasteiger partial charge is 0.478 e. The number of hydrogen-bond donors (Lipinski definition) is 1. The van der Waals surface area contributed by atoms with Gasteiger partial charge in [-0.05, 0) is 45.7 Å².